The second-order valence-corrected chi connectivity index (χ2v) is 22.7. The van der Waals surface area contributed by atoms with Crippen LogP contribution in [0.15, 0.2) is 242 Å². The summed E-state index contributed by atoms with van der Waals surface area (Å²) in [5, 5.41) is 0.996. The van der Waals surface area contributed by atoms with Crippen molar-refractivity contribution in [2.24, 2.45) is 0 Å². The number of pyridine rings is 1. The van der Waals surface area contributed by atoms with E-state index in [1.807, 2.05) is 0 Å². The van der Waals surface area contributed by atoms with Gasteiger partial charge < -0.3 is 13.9 Å². The number of para-hydroxylation sites is 1. The summed E-state index contributed by atoms with van der Waals surface area (Å²) in [4.78, 5) is 4.64. The first-order valence-electron chi connectivity index (χ1n) is 51.4. The number of nitrogens with zero attached hydrogens (tertiary/aromatic N) is 4. The average Bonchev–Trinajstić information content (AvgIpc) is 0.693. The number of imidazole rings is 1. The van der Waals surface area contributed by atoms with Gasteiger partial charge in [0.15, 0.2) is 0 Å². The predicted molar refractivity (Wildman–Crippen MR) is 381 cm³/mol. The van der Waals surface area contributed by atoms with Crippen LogP contribution in [0.3, 0.4) is 0 Å². The molecule has 0 aliphatic heterocycles. The number of ether oxygens (including phenoxy) is 1. The summed E-state index contributed by atoms with van der Waals surface area (Å²) in [5.41, 5.74) is -27.6. The SMILES string of the molecule is [2H]c1c([2H])c([2H])c(-c2cnc(-n3c4[c-]c(Oc5[c-]c(-n6[c-][n+](-c7c(-c8c([2H])c(-c9c([2H])c([2H])c([2H])c([2H])c9[2H])c([2H])c(-c9c([2H])c([2H])c([2H])c([2H])c9[2H])c8[2H])cc(C(C)(C)C)cc7-c7c([2H])c([2H])c8c(c7[2H])C(C([2H])([2H])[2H])(C([2H])([2H])[2H])C([2H])([2H])C([2H])([2H])C8(C([2H])([2H])[2H])C([2H])([2H])[2H])c7ccc(-c8c(C([2H])([2H])[2H])cccc8C([2H])([2H])[2H])cc76)ccc5)ccc4c4ccccc43)cc2C([2H])([2H])[2H])c([2H])c1[2H].[Pt]. The number of fused-ring (bicyclic) bond motifs is 5. The van der Waals surface area contributed by atoms with Crippen LogP contribution < -0.4 is 9.30 Å². The van der Waals surface area contributed by atoms with Gasteiger partial charge in [0.25, 0.3) is 6.33 Å². The molecule has 93 heavy (non-hydrogen) atoms. The molecule has 1 aliphatic carbocycles. The van der Waals surface area contributed by atoms with Crippen LogP contribution in [0.2, 0.25) is 0 Å². The Morgan fingerprint density at radius 3 is 1.85 bits per heavy atom. The molecule has 0 bridgehead atoms. The quantitative estimate of drug-likeness (QED) is 0.0956. The van der Waals surface area contributed by atoms with E-state index in [0.717, 1.165) is 45.7 Å². The van der Waals surface area contributed by atoms with Gasteiger partial charge in [0, 0.05) is 84.1 Å². The maximum absolute atomic E-state index is 10.9. The van der Waals surface area contributed by atoms with Crippen molar-refractivity contribution in [3.8, 4) is 95.5 Å². The number of benzene rings is 11. The zero-order chi connectivity index (χ0) is 103. The van der Waals surface area contributed by atoms with Gasteiger partial charge in [-0.1, -0.05) is 223 Å². The zero-order valence-corrected chi connectivity index (χ0v) is 51.3. The van der Waals surface area contributed by atoms with Gasteiger partial charge in [-0.3, -0.25) is 4.57 Å². The van der Waals surface area contributed by atoms with E-state index in [1.165, 1.54) is 73.9 Å². The molecule has 0 unspecified atom stereocenters. The Morgan fingerprint density at radius 2 is 1.17 bits per heavy atom. The fraction of sp³-hybridized carbons (Fsp3) is 0.172. The minimum Gasteiger partial charge on any atom is -0.510 e. The minimum atomic E-state index is -4.93. The molecule has 0 saturated carbocycles. The molecule has 3 heterocycles. The molecule has 15 rings (SSSR count). The maximum Gasteiger partial charge on any atom is 0.268 e. The smallest absolute Gasteiger partial charge is 0.268 e. The molecule has 0 radical (unpaired) electrons. The summed E-state index contributed by atoms with van der Waals surface area (Å²) in [5.74, 6) is -0.488. The molecule has 460 valence electrons. The van der Waals surface area contributed by atoms with E-state index in [1.54, 1.807) is 30.3 Å². The molecule has 1 aliphatic rings. The first-order chi connectivity index (χ1) is 63.4. The summed E-state index contributed by atoms with van der Waals surface area (Å²) < 4.78 is 437. The summed E-state index contributed by atoms with van der Waals surface area (Å²) in [6.07, 6.45) is -5.59. The van der Waals surface area contributed by atoms with E-state index < -0.39 is 293 Å². The van der Waals surface area contributed by atoms with Crippen LogP contribution in [0.1, 0.15) is 157 Å². The van der Waals surface area contributed by atoms with Gasteiger partial charge in [-0.05, 0) is 192 Å². The monoisotopic (exact) mass is 1430 g/mol. The van der Waals surface area contributed by atoms with E-state index >= 15 is 0 Å². The van der Waals surface area contributed by atoms with Crippen molar-refractivity contribution in [3.05, 3.63) is 294 Å². The van der Waals surface area contributed by atoms with Crippen molar-refractivity contribution in [1.82, 2.24) is 14.1 Å². The molecule has 0 spiro atoms. The van der Waals surface area contributed by atoms with Crippen LogP contribution in [0, 0.1) is 39.0 Å². The fourth-order valence-electron chi connectivity index (χ4n) is 11.2. The molecule has 0 N–H and O–H groups in total. The normalized spacial score (nSPS) is 22.7. The molecular formula is C87H74N4OPt-2. The first-order valence-corrected chi connectivity index (χ1v) is 28.4. The van der Waals surface area contributed by atoms with Crippen molar-refractivity contribution in [2.75, 3.05) is 0 Å². The van der Waals surface area contributed by atoms with Gasteiger partial charge in [-0.25, -0.2) is 4.98 Å². The molecule has 5 nitrogen and oxygen atoms in total. The van der Waals surface area contributed by atoms with Gasteiger partial charge in [-0.15, -0.1) is 29.7 Å². The van der Waals surface area contributed by atoms with Gasteiger partial charge in [0.1, 0.15) is 5.82 Å². The van der Waals surface area contributed by atoms with Crippen LogP contribution >= 0.6 is 0 Å². The third-order valence-electron chi connectivity index (χ3n) is 15.7. The van der Waals surface area contributed by atoms with Crippen molar-refractivity contribution < 1.29 is 93.4 Å². The Kier molecular flexibility index (Phi) is 7.13. The molecule has 14 aromatic rings. The number of hydrogen-bond donors (Lipinski definition) is 0. The average molecular weight is 1430 g/mol. The van der Waals surface area contributed by atoms with Crippen molar-refractivity contribution in [3.63, 3.8) is 0 Å². The van der Waals surface area contributed by atoms with Crippen molar-refractivity contribution >= 4 is 32.8 Å². The largest absolute Gasteiger partial charge is 0.510 e. The van der Waals surface area contributed by atoms with Crippen LogP contribution in [0.4, 0.5) is 0 Å². The standard InChI is InChI=1S/C87H74N4O.Pt/c1-56-24-22-25-57(2)83(56)63-37-41-79-81(49-63)89(68-32-23-33-69(52-68)92-70-38-39-72-71-34-20-21-35-78(71)91(80(72)53-70)82-44-58(3)75(54-88-82)61-30-18-13-19-31-61)55-90(79)84-73(62-36-40-76-77(48-62)87(9,10)43-42-86(76,7)8)50-67(85(4,5)6)51-74(84)66-46-64(59-26-14-11-15-27-59)45-65(47-66)60-28-16-12-17-29-60;/h11-41,44-51,54H,42-43H2,1-10H3;/q-2;/i1D3,2D3,3D3,7D3,8D3,9D3,10D3,11D,12D,13D,14D,15D,16D,17D,18D,19D,26D,27D,28D,29D,30D,31D,36D,40D,42D2,43D2,45D,46D,47D,48D;. The molecule has 3 aromatic heterocycles. The van der Waals surface area contributed by atoms with E-state index in [4.69, 9.17) is 40.4 Å². The number of hydrogen-bond acceptors (Lipinski definition) is 2. The Bertz CT molecular complexity index is 7320. The zero-order valence-electron chi connectivity index (χ0n) is 95.0. The number of rotatable bonds is 11. The van der Waals surface area contributed by atoms with Gasteiger partial charge in [0.05, 0.1) is 45.5 Å². The Labute approximate surface area is 626 Å². The fourth-order valence-corrected chi connectivity index (χ4v) is 11.2. The van der Waals surface area contributed by atoms with Gasteiger partial charge >= 0.3 is 0 Å². The summed E-state index contributed by atoms with van der Waals surface area (Å²) in [6.45, 7) is -23.4. The van der Waals surface area contributed by atoms with E-state index in [-0.39, 0.29) is 77.3 Å². The Hall–Kier alpha value is -9.67. The molecule has 0 saturated heterocycles. The third kappa shape index (κ3) is 11.1. The topological polar surface area (TPSA) is 35.9 Å². The van der Waals surface area contributed by atoms with Crippen LogP contribution in [-0.4, -0.2) is 14.1 Å². The number of aryl methyl sites for hydroxylation is 3. The number of aromatic nitrogens is 4. The molecule has 0 fully saturated rings. The predicted octanol–water partition coefficient (Wildman–Crippen LogP) is 22.2. The second-order valence-electron chi connectivity index (χ2n) is 22.7. The van der Waals surface area contributed by atoms with E-state index in [0.29, 0.717) is 16.3 Å². The molecule has 0 amide bonds. The van der Waals surface area contributed by atoms with Gasteiger partial charge in [0.2, 0.25) is 0 Å². The van der Waals surface area contributed by atoms with Crippen LogP contribution in [0.25, 0.3) is 117 Å². The maximum atomic E-state index is 10.9. The summed E-state index contributed by atoms with van der Waals surface area (Å²) >= 11 is 0. The van der Waals surface area contributed by atoms with E-state index in [9.17, 15) is 27.4 Å². The summed E-state index contributed by atoms with van der Waals surface area (Å²) in [7, 11) is 0. The second kappa shape index (κ2) is 23.8. The van der Waals surface area contributed by atoms with Crippen LogP contribution in [-0.2, 0) is 37.3 Å². The van der Waals surface area contributed by atoms with Gasteiger partial charge in [-0.2, -0.15) is 18.2 Å². The summed E-state index contributed by atoms with van der Waals surface area (Å²) in [6, 6.07) is 6.83. The minimum absolute atomic E-state index is 0. The molecule has 11 aromatic carbocycles. The Morgan fingerprint density at radius 1 is 0.538 bits per heavy atom. The molecule has 6 heteroatoms. The third-order valence-corrected chi connectivity index (χ3v) is 15.7. The molecular weight excluding hydrogens is 1310 g/mol. The molecule has 0 atom stereocenters. The van der Waals surface area contributed by atoms with Crippen molar-refractivity contribution in [2.45, 2.75) is 97.7 Å². The van der Waals surface area contributed by atoms with Crippen molar-refractivity contribution in [1.29, 1.82) is 0 Å². The first kappa shape index (κ1) is 27.9. The van der Waals surface area contributed by atoms with E-state index in [2.05, 4.69) is 23.4 Å². The van der Waals surface area contributed by atoms with Crippen LogP contribution in [0.5, 0.6) is 11.5 Å². The Balaban J connectivity index is 0.0000154.